The molecule has 0 radical (unpaired) electrons. The summed E-state index contributed by atoms with van der Waals surface area (Å²) in [5.41, 5.74) is 0.923. The van der Waals surface area contributed by atoms with Crippen LogP contribution in [0.3, 0.4) is 0 Å². The van der Waals surface area contributed by atoms with Crippen molar-refractivity contribution in [2.75, 3.05) is 31.9 Å². The molecule has 0 aliphatic carbocycles. The van der Waals surface area contributed by atoms with Crippen molar-refractivity contribution in [1.29, 1.82) is 0 Å². The number of guanidine groups is 1. The lowest BCUT2D eigenvalue weighted by molar-refractivity contribution is 0.445. The molecule has 1 rings (SSSR count). The second kappa shape index (κ2) is 12.7. The highest BCUT2D eigenvalue weighted by molar-refractivity contribution is 14.0. The van der Waals surface area contributed by atoms with E-state index < -0.39 is 10.0 Å². The number of benzene rings is 1. The molecule has 0 spiro atoms. The molecule has 9 heteroatoms. The van der Waals surface area contributed by atoms with E-state index in [0.29, 0.717) is 43.7 Å². The van der Waals surface area contributed by atoms with Gasteiger partial charge in [0, 0.05) is 31.2 Å². The molecule has 6 nitrogen and oxygen atoms in total. The number of hydrogen-bond donors (Lipinski definition) is 2. The molecule has 0 amide bonds. The predicted octanol–water partition coefficient (Wildman–Crippen LogP) is 2.68. The third-order valence-electron chi connectivity index (χ3n) is 3.46. The highest BCUT2D eigenvalue weighted by Gasteiger charge is 2.18. The van der Waals surface area contributed by atoms with Gasteiger partial charge in [0.2, 0.25) is 10.0 Å². The Balaban J connectivity index is 0.00000576. The summed E-state index contributed by atoms with van der Waals surface area (Å²) in [7, 11) is -3.24. The van der Waals surface area contributed by atoms with Crippen LogP contribution < -0.4 is 10.6 Å². The van der Waals surface area contributed by atoms with Gasteiger partial charge in [-0.1, -0.05) is 43.6 Å². The Morgan fingerprint density at radius 2 is 1.80 bits per heavy atom. The average Bonchev–Trinajstić information content (AvgIpc) is 2.54. The number of halogens is 2. The van der Waals surface area contributed by atoms with Gasteiger partial charge in [0.1, 0.15) is 0 Å². The molecule has 0 fully saturated rings. The van der Waals surface area contributed by atoms with Crippen molar-refractivity contribution in [3.63, 3.8) is 0 Å². The molecule has 0 heterocycles. The summed E-state index contributed by atoms with van der Waals surface area (Å²) in [6.07, 6.45) is 0. The third kappa shape index (κ3) is 8.57. The molecule has 0 saturated carbocycles. The summed E-state index contributed by atoms with van der Waals surface area (Å²) < 4.78 is 25.8. The topological polar surface area (TPSA) is 73.8 Å². The van der Waals surface area contributed by atoms with E-state index in [4.69, 9.17) is 11.6 Å². The van der Waals surface area contributed by atoms with Crippen LogP contribution in [0.15, 0.2) is 29.3 Å². The zero-order valence-corrected chi connectivity index (χ0v) is 18.9. The van der Waals surface area contributed by atoms with Gasteiger partial charge in [-0.05, 0) is 18.6 Å². The Labute approximate surface area is 173 Å². The molecule has 0 aromatic heterocycles. The Morgan fingerprint density at radius 3 is 2.36 bits per heavy atom. The largest absolute Gasteiger partial charge is 0.357 e. The van der Waals surface area contributed by atoms with Gasteiger partial charge in [0.05, 0.1) is 12.3 Å². The summed E-state index contributed by atoms with van der Waals surface area (Å²) in [5, 5.41) is 6.83. The minimum absolute atomic E-state index is 0. The molecule has 144 valence electrons. The van der Waals surface area contributed by atoms with Crippen molar-refractivity contribution in [3.8, 4) is 0 Å². The Hall–Kier alpha value is -0.580. The summed E-state index contributed by atoms with van der Waals surface area (Å²) >= 11 is 6.12. The first kappa shape index (κ1) is 24.4. The van der Waals surface area contributed by atoms with Crippen LogP contribution in [0, 0.1) is 0 Å². The van der Waals surface area contributed by atoms with Crippen LogP contribution in [-0.2, 0) is 16.6 Å². The maximum atomic E-state index is 12.2. The zero-order valence-electron chi connectivity index (χ0n) is 15.0. The lowest BCUT2D eigenvalue weighted by Gasteiger charge is -2.19. The third-order valence-corrected chi connectivity index (χ3v) is 5.85. The standard InChI is InChI=1S/C16H27ClN4O2S.HI/c1-4-18-16(20-13-14-9-7-8-10-15(14)17)19-11-12-24(22,23)21(5-2)6-3;/h7-10H,4-6,11-13H2,1-3H3,(H2,18,19,20);1H. The van der Waals surface area contributed by atoms with Crippen LogP contribution in [-0.4, -0.2) is 50.6 Å². The highest BCUT2D eigenvalue weighted by Crippen LogP contribution is 2.15. The van der Waals surface area contributed by atoms with Crippen molar-refractivity contribution in [2.45, 2.75) is 27.3 Å². The first-order valence-corrected chi connectivity index (χ1v) is 10.2. The van der Waals surface area contributed by atoms with Gasteiger partial charge >= 0.3 is 0 Å². The van der Waals surface area contributed by atoms with Crippen molar-refractivity contribution in [1.82, 2.24) is 14.9 Å². The van der Waals surface area contributed by atoms with Crippen LogP contribution in [0.5, 0.6) is 0 Å². The zero-order chi connectivity index (χ0) is 18.0. The minimum atomic E-state index is -3.24. The van der Waals surface area contributed by atoms with Crippen molar-refractivity contribution >= 4 is 51.6 Å². The fourth-order valence-corrected chi connectivity index (χ4v) is 3.78. The average molecular weight is 503 g/mol. The van der Waals surface area contributed by atoms with E-state index in [0.717, 1.165) is 5.56 Å². The molecule has 0 atom stereocenters. The fourth-order valence-electron chi connectivity index (χ4n) is 2.18. The minimum Gasteiger partial charge on any atom is -0.357 e. The molecule has 0 aliphatic heterocycles. The van der Waals surface area contributed by atoms with Crippen molar-refractivity contribution in [3.05, 3.63) is 34.9 Å². The Bertz CT molecular complexity index is 637. The van der Waals surface area contributed by atoms with Gasteiger partial charge in [-0.2, -0.15) is 0 Å². The number of nitrogens with one attached hydrogen (secondary N) is 2. The lowest BCUT2D eigenvalue weighted by atomic mass is 10.2. The summed E-state index contributed by atoms with van der Waals surface area (Å²) in [6, 6.07) is 7.52. The predicted molar refractivity (Wildman–Crippen MR) is 116 cm³/mol. The summed E-state index contributed by atoms with van der Waals surface area (Å²) in [5.74, 6) is 0.609. The maximum absolute atomic E-state index is 12.2. The van der Waals surface area contributed by atoms with E-state index in [2.05, 4.69) is 15.6 Å². The van der Waals surface area contributed by atoms with Crippen molar-refractivity contribution < 1.29 is 8.42 Å². The molecule has 0 unspecified atom stereocenters. The first-order valence-electron chi connectivity index (χ1n) is 8.18. The van der Waals surface area contributed by atoms with Crippen LogP contribution >= 0.6 is 35.6 Å². The summed E-state index contributed by atoms with van der Waals surface area (Å²) in [6.45, 7) is 8.02. The molecule has 2 N–H and O–H groups in total. The quantitative estimate of drug-likeness (QED) is 0.309. The van der Waals surface area contributed by atoms with Crippen LogP contribution in [0.2, 0.25) is 5.02 Å². The van der Waals surface area contributed by atoms with Gasteiger partial charge in [0.15, 0.2) is 5.96 Å². The van der Waals surface area contributed by atoms with Gasteiger partial charge < -0.3 is 10.6 Å². The molecule has 0 saturated heterocycles. The van der Waals surface area contributed by atoms with Crippen molar-refractivity contribution in [2.24, 2.45) is 4.99 Å². The second-order valence-electron chi connectivity index (χ2n) is 5.11. The molecular formula is C16H28ClIN4O2S. The number of sulfonamides is 1. The first-order chi connectivity index (χ1) is 11.4. The van der Waals surface area contributed by atoms with E-state index in [1.54, 1.807) is 0 Å². The fraction of sp³-hybridized carbons (Fsp3) is 0.562. The number of aliphatic imine (C=N–C) groups is 1. The Morgan fingerprint density at radius 1 is 1.16 bits per heavy atom. The maximum Gasteiger partial charge on any atom is 0.215 e. The van der Waals surface area contributed by atoms with Crippen LogP contribution in [0.4, 0.5) is 0 Å². The molecule has 25 heavy (non-hydrogen) atoms. The summed E-state index contributed by atoms with van der Waals surface area (Å²) in [4.78, 5) is 4.45. The van der Waals surface area contributed by atoms with E-state index >= 15 is 0 Å². The lowest BCUT2D eigenvalue weighted by Crippen LogP contribution is -2.42. The van der Waals surface area contributed by atoms with Crippen LogP contribution in [0.25, 0.3) is 0 Å². The number of nitrogens with zero attached hydrogens (tertiary/aromatic N) is 2. The molecule has 1 aromatic rings. The number of rotatable bonds is 9. The van der Waals surface area contributed by atoms with E-state index in [9.17, 15) is 8.42 Å². The SMILES string of the molecule is CCNC(=NCc1ccccc1Cl)NCCS(=O)(=O)N(CC)CC.I. The van der Waals surface area contributed by atoms with Gasteiger partial charge in [0.25, 0.3) is 0 Å². The molecule has 1 aromatic carbocycles. The molecule has 0 aliphatic rings. The molecular weight excluding hydrogens is 475 g/mol. The smallest absolute Gasteiger partial charge is 0.215 e. The van der Waals surface area contributed by atoms with Crippen LogP contribution in [0.1, 0.15) is 26.3 Å². The molecule has 0 bridgehead atoms. The highest BCUT2D eigenvalue weighted by atomic mass is 127. The Kier molecular flexibility index (Phi) is 12.4. The van der Waals surface area contributed by atoms with Gasteiger partial charge in [-0.3, -0.25) is 0 Å². The van der Waals surface area contributed by atoms with E-state index in [1.807, 2.05) is 45.0 Å². The van der Waals surface area contributed by atoms with E-state index in [1.165, 1.54) is 4.31 Å². The normalized spacial score (nSPS) is 12.0. The van der Waals surface area contributed by atoms with Gasteiger partial charge in [-0.15, -0.1) is 24.0 Å². The van der Waals surface area contributed by atoms with Gasteiger partial charge in [-0.25, -0.2) is 17.7 Å². The van der Waals surface area contributed by atoms with E-state index in [-0.39, 0.29) is 29.7 Å². The second-order valence-corrected chi connectivity index (χ2v) is 7.61. The monoisotopic (exact) mass is 502 g/mol. The number of hydrogen-bond acceptors (Lipinski definition) is 3.